The number of anilines is 1. The summed E-state index contributed by atoms with van der Waals surface area (Å²) in [4.78, 5) is 43.1. The Hall–Kier alpha value is -3.48. The second-order valence-corrected chi connectivity index (χ2v) is 6.87. The molecule has 0 saturated heterocycles. The van der Waals surface area contributed by atoms with Crippen LogP contribution < -0.4 is 10.9 Å². The van der Waals surface area contributed by atoms with Gasteiger partial charge < -0.3 is 10.2 Å². The zero-order valence-electron chi connectivity index (χ0n) is 16.3. The number of aromatic nitrogens is 2. The van der Waals surface area contributed by atoms with Crippen LogP contribution in [0, 0.1) is 20.8 Å². The summed E-state index contributed by atoms with van der Waals surface area (Å²) < 4.78 is 1.34. The van der Waals surface area contributed by atoms with Crippen molar-refractivity contribution in [3.05, 3.63) is 75.3 Å². The van der Waals surface area contributed by atoms with Crippen molar-refractivity contribution in [3.63, 3.8) is 0 Å². The fraction of sp³-hybridized carbons (Fsp3) is 0.238. The molecule has 7 heteroatoms. The number of nitrogens with one attached hydrogen (secondary N) is 1. The second-order valence-electron chi connectivity index (χ2n) is 6.87. The lowest BCUT2D eigenvalue weighted by molar-refractivity contribution is -0.116. The largest absolute Gasteiger partial charge is 0.332 e. The van der Waals surface area contributed by atoms with E-state index in [0.29, 0.717) is 11.3 Å². The average molecular weight is 378 g/mol. The summed E-state index contributed by atoms with van der Waals surface area (Å²) in [5.74, 6) is -0.890. The minimum absolute atomic E-state index is 0.0786. The second kappa shape index (κ2) is 7.64. The molecule has 1 N–H and O–H groups in total. The summed E-state index contributed by atoms with van der Waals surface area (Å²) in [7, 11) is 1.48. The summed E-state index contributed by atoms with van der Waals surface area (Å²) in [6.07, 6.45) is 2.89. The molecular weight excluding hydrogens is 356 g/mol. The molecule has 0 aliphatic heterocycles. The van der Waals surface area contributed by atoms with Gasteiger partial charge in [-0.1, -0.05) is 18.2 Å². The average Bonchev–Trinajstić information content (AvgIpc) is 2.65. The molecule has 0 fully saturated rings. The standard InChI is InChI=1S/C21H22N4O3/c1-13-8-9-18-22-10-16(21(28)25(18)11-13)20(27)24(4)12-19(26)23-17-7-5-6-14(2)15(17)3/h5-11H,12H2,1-4H3,(H,23,26). The molecule has 2 amide bonds. The highest BCUT2D eigenvalue weighted by molar-refractivity contribution is 5.99. The SMILES string of the molecule is Cc1ccc2ncc(C(=O)N(C)CC(=O)Nc3cccc(C)c3C)c(=O)n2c1. The van der Waals surface area contributed by atoms with E-state index in [2.05, 4.69) is 10.3 Å². The first-order chi connectivity index (χ1) is 13.3. The molecule has 0 aliphatic carbocycles. The lowest BCUT2D eigenvalue weighted by Gasteiger charge is -2.17. The van der Waals surface area contributed by atoms with Crippen molar-refractivity contribution in [2.45, 2.75) is 20.8 Å². The molecule has 0 saturated carbocycles. The highest BCUT2D eigenvalue weighted by atomic mass is 16.2. The van der Waals surface area contributed by atoms with Gasteiger partial charge in [0.1, 0.15) is 11.2 Å². The van der Waals surface area contributed by atoms with E-state index in [0.717, 1.165) is 16.7 Å². The number of hydrogen-bond donors (Lipinski definition) is 1. The number of benzene rings is 1. The first-order valence-electron chi connectivity index (χ1n) is 8.87. The number of fused-ring (bicyclic) bond motifs is 1. The third-order valence-corrected chi connectivity index (χ3v) is 4.69. The summed E-state index contributed by atoms with van der Waals surface area (Å²) in [6, 6.07) is 9.18. The molecule has 0 bridgehead atoms. The van der Waals surface area contributed by atoms with E-state index >= 15 is 0 Å². The van der Waals surface area contributed by atoms with E-state index in [1.807, 2.05) is 45.0 Å². The predicted octanol–water partition coefficient (Wildman–Crippen LogP) is 2.33. The fourth-order valence-electron chi connectivity index (χ4n) is 2.90. The van der Waals surface area contributed by atoms with E-state index in [1.165, 1.54) is 22.5 Å². The number of amides is 2. The van der Waals surface area contributed by atoms with Gasteiger partial charge in [-0.05, 0) is 49.6 Å². The Labute approximate surface area is 162 Å². The van der Waals surface area contributed by atoms with Crippen LogP contribution in [0.1, 0.15) is 27.0 Å². The first-order valence-corrected chi connectivity index (χ1v) is 8.87. The van der Waals surface area contributed by atoms with Crippen LogP contribution >= 0.6 is 0 Å². The molecule has 2 heterocycles. The van der Waals surface area contributed by atoms with Gasteiger partial charge in [0.15, 0.2) is 0 Å². The highest BCUT2D eigenvalue weighted by Gasteiger charge is 2.20. The summed E-state index contributed by atoms with van der Waals surface area (Å²) in [5.41, 5.74) is 3.54. The molecule has 2 aromatic heterocycles. The van der Waals surface area contributed by atoms with Crippen molar-refractivity contribution in [1.82, 2.24) is 14.3 Å². The van der Waals surface area contributed by atoms with Gasteiger partial charge in [-0.3, -0.25) is 18.8 Å². The van der Waals surface area contributed by atoms with Gasteiger partial charge >= 0.3 is 0 Å². The van der Waals surface area contributed by atoms with Gasteiger partial charge in [0.25, 0.3) is 11.5 Å². The third kappa shape index (κ3) is 3.78. The Kier molecular flexibility index (Phi) is 5.26. The molecule has 0 atom stereocenters. The maximum Gasteiger partial charge on any atom is 0.270 e. The lowest BCUT2D eigenvalue weighted by Crippen LogP contribution is -2.38. The number of rotatable bonds is 4. The molecule has 28 heavy (non-hydrogen) atoms. The van der Waals surface area contributed by atoms with Crippen LogP contribution in [0.3, 0.4) is 0 Å². The van der Waals surface area contributed by atoms with Crippen LogP contribution in [0.25, 0.3) is 5.65 Å². The van der Waals surface area contributed by atoms with Gasteiger partial charge in [-0.25, -0.2) is 4.98 Å². The van der Waals surface area contributed by atoms with Crippen LogP contribution in [-0.2, 0) is 4.79 Å². The minimum atomic E-state index is -0.551. The maximum absolute atomic E-state index is 12.7. The number of hydrogen-bond acceptors (Lipinski definition) is 4. The van der Waals surface area contributed by atoms with Crippen LogP contribution in [0.4, 0.5) is 5.69 Å². The normalized spacial score (nSPS) is 10.7. The van der Waals surface area contributed by atoms with Gasteiger partial charge in [0.05, 0.1) is 6.54 Å². The van der Waals surface area contributed by atoms with Crippen LogP contribution in [0.15, 0.2) is 47.5 Å². The van der Waals surface area contributed by atoms with Gasteiger partial charge in [0.2, 0.25) is 5.91 Å². The molecule has 0 aliphatic rings. The van der Waals surface area contributed by atoms with Crippen molar-refractivity contribution >= 4 is 23.1 Å². The van der Waals surface area contributed by atoms with E-state index in [1.54, 1.807) is 12.3 Å². The monoisotopic (exact) mass is 378 g/mol. The molecule has 0 radical (unpaired) electrons. The maximum atomic E-state index is 12.7. The van der Waals surface area contributed by atoms with E-state index < -0.39 is 11.5 Å². The molecule has 7 nitrogen and oxygen atoms in total. The minimum Gasteiger partial charge on any atom is -0.332 e. The Morgan fingerprint density at radius 1 is 1.14 bits per heavy atom. The highest BCUT2D eigenvalue weighted by Crippen LogP contribution is 2.17. The molecule has 144 valence electrons. The Morgan fingerprint density at radius 2 is 1.89 bits per heavy atom. The number of pyridine rings is 1. The van der Waals surface area contributed by atoms with Gasteiger partial charge in [-0.2, -0.15) is 0 Å². The Bertz CT molecular complexity index is 1130. The fourth-order valence-corrected chi connectivity index (χ4v) is 2.90. The van der Waals surface area contributed by atoms with E-state index in [-0.39, 0.29) is 18.0 Å². The van der Waals surface area contributed by atoms with Gasteiger partial charge in [-0.15, -0.1) is 0 Å². The number of carbonyl (C=O) groups excluding carboxylic acids is 2. The number of carbonyl (C=O) groups is 2. The first kappa shape index (κ1) is 19.3. The Morgan fingerprint density at radius 3 is 2.64 bits per heavy atom. The van der Waals surface area contributed by atoms with Crippen molar-refractivity contribution in [1.29, 1.82) is 0 Å². The molecule has 3 aromatic rings. The van der Waals surface area contributed by atoms with E-state index in [9.17, 15) is 14.4 Å². The van der Waals surface area contributed by atoms with Crippen LogP contribution in [0.2, 0.25) is 0 Å². The lowest BCUT2D eigenvalue weighted by atomic mass is 10.1. The van der Waals surface area contributed by atoms with Crippen molar-refractivity contribution < 1.29 is 9.59 Å². The summed E-state index contributed by atoms with van der Waals surface area (Å²) in [6.45, 7) is 5.55. The summed E-state index contributed by atoms with van der Waals surface area (Å²) in [5, 5.41) is 2.81. The van der Waals surface area contributed by atoms with Gasteiger partial charge in [0, 0.05) is 25.1 Å². The van der Waals surface area contributed by atoms with Crippen molar-refractivity contribution in [2.75, 3.05) is 18.9 Å². The zero-order valence-corrected chi connectivity index (χ0v) is 16.3. The third-order valence-electron chi connectivity index (χ3n) is 4.69. The zero-order chi connectivity index (χ0) is 20.4. The number of likely N-dealkylation sites (N-methyl/N-ethyl adjacent to an activating group) is 1. The quantitative estimate of drug-likeness (QED) is 0.755. The molecule has 1 aromatic carbocycles. The topological polar surface area (TPSA) is 83.8 Å². The van der Waals surface area contributed by atoms with Crippen molar-refractivity contribution in [3.8, 4) is 0 Å². The summed E-state index contributed by atoms with van der Waals surface area (Å²) >= 11 is 0. The smallest absolute Gasteiger partial charge is 0.270 e. The van der Waals surface area contributed by atoms with Crippen LogP contribution in [0.5, 0.6) is 0 Å². The molecule has 3 rings (SSSR count). The number of nitrogens with zero attached hydrogens (tertiary/aromatic N) is 3. The van der Waals surface area contributed by atoms with E-state index in [4.69, 9.17) is 0 Å². The molecule has 0 unspecified atom stereocenters. The van der Waals surface area contributed by atoms with Crippen LogP contribution in [-0.4, -0.2) is 39.7 Å². The van der Waals surface area contributed by atoms with Crippen molar-refractivity contribution in [2.24, 2.45) is 0 Å². The predicted molar refractivity (Wildman–Crippen MR) is 108 cm³/mol. The molecular formula is C21H22N4O3. The molecule has 0 spiro atoms. The number of aryl methyl sites for hydroxylation is 2. The Balaban J connectivity index is 1.78.